The van der Waals surface area contributed by atoms with Crippen LogP contribution in [0.4, 0.5) is 0 Å². The topological polar surface area (TPSA) is 67.8 Å². The molecule has 0 amide bonds. The molecular formula is C19H25N5O. The number of aromatic nitrogens is 4. The molecule has 0 fully saturated rings. The van der Waals surface area contributed by atoms with Gasteiger partial charge in [0.2, 0.25) is 0 Å². The van der Waals surface area contributed by atoms with Gasteiger partial charge < -0.3 is 10.1 Å². The number of H-pyrrole nitrogens is 1. The average molecular weight is 339 g/mol. The Morgan fingerprint density at radius 1 is 1.32 bits per heavy atom. The third-order valence-electron chi connectivity index (χ3n) is 4.50. The number of benzene rings is 1. The van der Waals surface area contributed by atoms with Crippen LogP contribution in [-0.4, -0.2) is 27.1 Å². The highest BCUT2D eigenvalue weighted by Crippen LogP contribution is 2.23. The summed E-state index contributed by atoms with van der Waals surface area (Å²) in [5.41, 5.74) is 5.44. The first-order valence-electron chi connectivity index (χ1n) is 8.56. The number of hydrogen-bond donors (Lipinski definition) is 2. The molecule has 3 aromatic rings. The number of ether oxygens (including phenoxy) is 1. The van der Waals surface area contributed by atoms with Gasteiger partial charge in [-0.05, 0) is 39.0 Å². The van der Waals surface area contributed by atoms with Crippen LogP contribution in [0.5, 0.6) is 5.75 Å². The van der Waals surface area contributed by atoms with Gasteiger partial charge >= 0.3 is 0 Å². The van der Waals surface area contributed by atoms with E-state index in [0.717, 1.165) is 35.8 Å². The van der Waals surface area contributed by atoms with Crippen molar-refractivity contribution in [2.45, 2.75) is 39.9 Å². The predicted molar refractivity (Wildman–Crippen MR) is 98.5 cm³/mol. The van der Waals surface area contributed by atoms with Gasteiger partial charge in [0.1, 0.15) is 5.75 Å². The summed E-state index contributed by atoms with van der Waals surface area (Å²) in [7, 11) is 1.67. The number of hydrogen-bond acceptors (Lipinski definition) is 4. The molecule has 0 saturated heterocycles. The smallest absolute Gasteiger partial charge is 0.119 e. The molecule has 0 spiro atoms. The van der Waals surface area contributed by atoms with E-state index in [9.17, 15) is 0 Å². The van der Waals surface area contributed by atoms with Crippen LogP contribution in [-0.2, 0) is 13.1 Å². The van der Waals surface area contributed by atoms with Gasteiger partial charge in [-0.3, -0.25) is 9.78 Å². The number of nitrogens with zero attached hydrogens (tertiary/aromatic N) is 3. The third-order valence-corrected chi connectivity index (χ3v) is 4.50. The van der Waals surface area contributed by atoms with Gasteiger partial charge in [0.05, 0.1) is 19.0 Å². The molecule has 25 heavy (non-hydrogen) atoms. The molecule has 2 heterocycles. The van der Waals surface area contributed by atoms with E-state index in [4.69, 9.17) is 4.74 Å². The van der Waals surface area contributed by atoms with E-state index in [1.54, 1.807) is 7.11 Å². The normalized spacial score (nSPS) is 12.3. The van der Waals surface area contributed by atoms with E-state index in [1.165, 1.54) is 11.3 Å². The fraction of sp³-hybridized carbons (Fsp3) is 0.368. The van der Waals surface area contributed by atoms with Crippen molar-refractivity contribution in [1.82, 2.24) is 25.3 Å². The van der Waals surface area contributed by atoms with Crippen LogP contribution in [0.15, 0.2) is 36.5 Å². The maximum Gasteiger partial charge on any atom is 0.119 e. The maximum absolute atomic E-state index is 5.28. The van der Waals surface area contributed by atoms with E-state index in [0.29, 0.717) is 0 Å². The Hall–Kier alpha value is -2.60. The summed E-state index contributed by atoms with van der Waals surface area (Å²) in [5.74, 6) is 0.831. The van der Waals surface area contributed by atoms with Crippen LogP contribution in [0, 0.1) is 6.92 Å². The molecule has 0 bridgehead atoms. The van der Waals surface area contributed by atoms with E-state index in [1.807, 2.05) is 35.1 Å². The van der Waals surface area contributed by atoms with Gasteiger partial charge in [-0.1, -0.05) is 12.1 Å². The van der Waals surface area contributed by atoms with Crippen molar-refractivity contribution in [3.8, 4) is 17.0 Å². The van der Waals surface area contributed by atoms with Crippen LogP contribution in [0.3, 0.4) is 0 Å². The summed E-state index contributed by atoms with van der Waals surface area (Å²) in [5, 5.41) is 15.5. The molecule has 3 rings (SSSR count). The zero-order valence-electron chi connectivity index (χ0n) is 15.2. The largest absolute Gasteiger partial charge is 0.497 e. The van der Waals surface area contributed by atoms with E-state index in [2.05, 4.69) is 47.5 Å². The molecule has 0 aliphatic rings. The summed E-state index contributed by atoms with van der Waals surface area (Å²) in [4.78, 5) is 0. The molecule has 6 nitrogen and oxygen atoms in total. The standard InChI is InChI=1S/C19H25N5O/c1-5-24-14(3)18(12-21-24)13(2)20-11-16-10-19(23-22-16)15-7-6-8-17(9-15)25-4/h6-10,12-13,20H,5,11H2,1-4H3,(H,22,23). The van der Waals surface area contributed by atoms with Crippen LogP contribution in [0.25, 0.3) is 11.3 Å². The van der Waals surface area contributed by atoms with Gasteiger partial charge in [0.25, 0.3) is 0 Å². The van der Waals surface area contributed by atoms with Gasteiger partial charge in [0, 0.05) is 41.6 Å². The molecule has 132 valence electrons. The van der Waals surface area contributed by atoms with E-state index < -0.39 is 0 Å². The lowest BCUT2D eigenvalue weighted by Gasteiger charge is -2.13. The number of aromatic amines is 1. The van der Waals surface area contributed by atoms with E-state index >= 15 is 0 Å². The van der Waals surface area contributed by atoms with Gasteiger partial charge in [-0.15, -0.1) is 0 Å². The minimum absolute atomic E-state index is 0.226. The first-order valence-corrected chi connectivity index (χ1v) is 8.56. The maximum atomic E-state index is 5.28. The Labute approximate surface area is 148 Å². The molecular weight excluding hydrogens is 314 g/mol. The molecule has 2 N–H and O–H groups in total. The first-order chi connectivity index (χ1) is 12.1. The third kappa shape index (κ3) is 3.74. The van der Waals surface area contributed by atoms with Crippen molar-refractivity contribution in [2.75, 3.05) is 7.11 Å². The predicted octanol–water partition coefficient (Wildman–Crippen LogP) is 3.46. The van der Waals surface area contributed by atoms with Crippen molar-refractivity contribution >= 4 is 0 Å². The Morgan fingerprint density at radius 3 is 2.88 bits per heavy atom. The second-order valence-electron chi connectivity index (χ2n) is 6.11. The van der Waals surface area contributed by atoms with Crippen molar-refractivity contribution < 1.29 is 4.74 Å². The van der Waals surface area contributed by atoms with Crippen LogP contribution in [0.1, 0.15) is 36.8 Å². The SMILES string of the molecule is CCn1ncc(C(C)NCc2cc(-c3cccc(OC)c3)n[nH]2)c1C. The first kappa shape index (κ1) is 17.2. The lowest BCUT2D eigenvalue weighted by atomic mass is 10.1. The molecule has 0 aliphatic heterocycles. The molecule has 6 heteroatoms. The molecule has 2 aromatic heterocycles. The van der Waals surface area contributed by atoms with Gasteiger partial charge in [-0.25, -0.2) is 0 Å². The molecule has 1 atom stereocenters. The van der Waals surface area contributed by atoms with Crippen LogP contribution in [0.2, 0.25) is 0 Å². The van der Waals surface area contributed by atoms with Crippen LogP contribution < -0.4 is 10.1 Å². The molecule has 0 saturated carbocycles. The van der Waals surface area contributed by atoms with Gasteiger partial charge in [0.15, 0.2) is 0 Å². The Balaban J connectivity index is 1.66. The molecule has 0 radical (unpaired) electrons. The van der Waals surface area contributed by atoms with Gasteiger partial charge in [-0.2, -0.15) is 10.2 Å². The summed E-state index contributed by atoms with van der Waals surface area (Å²) >= 11 is 0. The number of nitrogens with one attached hydrogen (secondary N) is 2. The zero-order valence-corrected chi connectivity index (χ0v) is 15.2. The summed E-state index contributed by atoms with van der Waals surface area (Å²) < 4.78 is 7.29. The summed E-state index contributed by atoms with van der Waals surface area (Å²) in [6, 6.07) is 10.2. The Bertz CT molecular complexity index is 836. The quantitative estimate of drug-likeness (QED) is 0.692. The monoisotopic (exact) mass is 339 g/mol. The number of rotatable bonds is 7. The summed E-state index contributed by atoms with van der Waals surface area (Å²) in [6.07, 6.45) is 1.95. The molecule has 1 aromatic carbocycles. The van der Waals surface area contributed by atoms with Crippen molar-refractivity contribution in [3.05, 3.63) is 53.5 Å². The zero-order chi connectivity index (χ0) is 17.8. The molecule has 0 aliphatic carbocycles. The van der Waals surface area contributed by atoms with Crippen molar-refractivity contribution in [3.63, 3.8) is 0 Å². The number of aryl methyl sites for hydroxylation is 1. The number of methoxy groups -OCH3 is 1. The minimum Gasteiger partial charge on any atom is -0.497 e. The Kier molecular flexibility index (Phi) is 5.19. The minimum atomic E-state index is 0.226. The second kappa shape index (κ2) is 7.53. The van der Waals surface area contributed by atoms with Crippen LogP contribution >= 0.6 is 0 Å². The lowest BCUT2D eigenvalue weighted by Crippen LogP contribution is -2.19. The van der Waals surface area contributed by atoms with E-state index in [-0.39, 0.29) is 6.04 Å². The van der Waals surface area contributed by atoms with Crippen molar-refractivity contribution in [1.29, 1.82) is 0 Å². The average Bonchev–Trinajstić information content (AvgIpc) is 3.26. The second-order valence-corrected chi connectivity index (χ2v) is 6.11. The fourth-order valence-electron chi connectivity index (χ4n) is 2.96. The molecule has 1 unspecified atom stereocenters. The lowest BCUT2D eigenvalue weighted by molar-refractivity contribution is 0.415. The highest BCUT2D eigenvalue weighted by molar-refractivity contribution is 5.61. The summed E-state index contributed by atoms with van der Waals surface area (Å²) in [6.45, 7) is 7.98. The fourth-order valence-corrected chi connectivity index (χ4v) is 2.96. The highest BCUT2D eigenvalue weighted by atomic mass is 16.5. The highest BCUT2D eigenvalue weighted by Gasteiger charge is 2.13. The van der Waals surface area contributed by atoms with Crippen molar-refractivity contribution in [2.24, 2.45) is 0 Å². The Morgan fingerprint density at radius 2 is 2.16 bits per heavy atom.